The van der Waals surface area contributed by atoms with Gasteiger partial charge in [0.05, 0.1) is 5.60 Å². The second-order valence-electron chi connectivity index (χ2n) is 5.96. The van der Waals surface area contributed by atoms with Gasteiger partial charge in [0.1, 0.15) is 0 Å². The molecule has 0 aromatic heterocycles. The van der Waals surface area contributed by atoms with Crippen molar-refractivity contribution in [2.75, 3.05) is 18.1 Å². The Bertz CT molecular complexity index is 649. The summed E-state index contributed by atoms with van der Waals surface area (Å²) >= 11 is 1.85. The van der Waals surface area contributed by atoms with Crippen LogP contribution in [-0.2, 0) is 0 Å². The number of benzene rings is 2. The minimum atomic E-state index is -0.745. The minimum Gasteiger partial charge on any atom is -0.388 e. The fourth-order valence-corrected chi connectivity index (χ4v) is 3.97. The van der Waals surface area contributed by atoms with Gasteiger partial charge in [0.25, 0.3) is 5.91 Å². The van der Waals surface area contributed by atoms with Crippen molar-refractivity contribution in [3.63, 3.8) is 0 Å². The molecule has 23 heavy (non-hydrogen) atoms. The number of hydrogen-bond acceptors (Lipinski definition) is 3. The van der Waals surface area contributed by atoms with Crippen LogP contribution in [0.5, 0.6) is 0 Å². The molecule has 3 nitrogen and oxygen atoms in total. The van der Waals surface area contributed by atoms with Crippen molar-refractivity contribution >= 4 is 17.7 Å². The highest BCUT2D eigenvalue weighted by Gasteiger charge is 2.29. The molecule has 0 atom stereocenters. The van der Waals surface area contributed by atoms with E-state index in [1.54, 1.807) is 0 Å². The second kappa shape index (κ2) is 7.20. The van der Waals surface area contributed by atoms with Crippen LogP contribution in [0.25, 0.3) is 11.1 Å². The number of carbonyl (C=O) groups is 1. The average Bonchev–Trinajstić information content (AvgIpc) is 2.61. The fourth-order valence-electron chi connectivity index (χ4n) is 2.72. The second-order valence-corrected chi connectivity index (χ2v) is 7.19. The standard InChI is InChI=1S/C19H21NO2S/c21-18(20-14-19(22)10-12-23-13-11-19)17-8-6-16(7-9-17)15-4-2-1-3-5-15/h1-9,22H,10-14H2,(H,20,21). The number of carbonyl (C=O) groups excluding carboxylic acids is 1. The first-order valence-corrected chi connectivity index (χ1v) is 9.06. The highest BCUT2D eigenvalue weighted by atomic mass is 32.2. The number of amides is 1. The molecule has 0 saturated carbocycles. The lowest BCUT2D eigenvalue weighted by molar-refractivity contribution is 0.0311. The first-order valence-electron chi connectivity index (χ1n) is 7.90. The first-order chi connectivity index (χ1) is 11.2. The molecule has 2 aromatic carbocycles. The minimum absolute atomic E-state index is 0.128. The summed E-state index contributed by atoms with van der Waals surface area (Å²) in [5.41, 5.74) is 2.10. The smallest absolute Gasteiger partial charge is 0.251 e. The molecule has 120 valence electrons. The molecule has 1 saturated heterocycles. The Morgan fingerprint density at radius 3 is 2.26 bits per heavy atom. The SMILES string of the molecule is O=C(NCC1(O)CCSCC1)c1ccc(-c2ccccc2)cc1. The lowest BCUT2D eigenvalue weighted by Gasteiger charge is -2.31. The zero-order valence-electron chi connectivity index (χ0n) is 13.0. The molecular weight excluding hydrogens is 306 g/mol. The molecule has 1 heterocycles. The Labute approximate surface area is 141 Å². The van der Waals surface area contributed by atoms with Crippen LogP contribution in [0.1, 0.15) is 23.2 Å². The topological polar surface area (TPSA) is 49.3 Å². The number of nitrogens with one attached hydrogen (secondary N) is 1. The van der Waals surface area contributed by atoms with Crippen LogP contribution in [0.4, 0.5) is 0 Å². The molecule has 1 amide bonds. The number of thioether (sulfide) groups is 1. The molecule has 0 bridgehead atoms. The lowest BCUT2D eigenvalue weighted by Crippen LogP contribution is -2.45. The van der Waals surface area contributed by atoms with Gasteiger partial charge in [-0.2, -0.15) is 11.8 Å². The highest BCUT2D eigenvalue weighted by Crippen LogP contribution is 2.26. The van der Waals surface area contributed by atoms with Gasteiger partial charge in [-0.05, 0) is 47.6 Å². The maximum atomic E-state index is 12.2. The van der Waals surface area contributed by atoms with Gasteiger partial charge in [0, 0.05) is 12.1 Å². The Morgan fingerprint density at radius 2 is 1.61 bits per heavy atom. The van der Waals surface area contributed by atoms with Crippen molar-refractivity contribution in [3.8, 4) is 11.1 Å². The molecule has 0 radical (unpaired) electrons. The van der Waals surface area contributed by atoms with Gasteiger partial charge in [0.15, 0.2) is 0 Å². The van der Waals surface area contributed by atoms with Crippen LogP contribution in [0, 0.1) is 0 Å². The molecule has 2 N–H and O–H groups in total. The van der Waals surface area contributed by atoms with Crippen LogP contribution in [0.2, 0.25) is 0 Å². The zero-order valence-corrected chi connectivity index (χ0v) is 13.8. The van der Waals surface area contributed by atoms with E-state index in [1.807, 2.05) is 66.4 Å². The summed E-state index contributed by atoms with van der Waals surface area (Å²) in [5.74, 6) is 1.78. The predicted molar refractivity (Wildman–Crippen MR) is 95.7 cm³/mol. The van der Waals surface area contributed by atoms with Crippen LogP contribution in [-0.4, -0.2) is 34.7 Å². The van der Waals surface area contributed by atoms with Gasteiger partial charge in [0.2, 0.25) is 0 Å². The molecule has 1 aliphatic heterocycles. The average molecular weight is 327 g/mol. The van der Waals surface area contributed by atoms with E-state index in [-0.39, 0.29) is 5.91 Å². The predicted octanol–water partition coefficient (Wildman–Crippen LogP) is 3.34. The molecule has 0 spiro atoms. The third kappa shape index (κ3) is 4.15. The molecule has 0 unspecified atom stereocenters. The third-order valence-corrected chi connectivity index (χ3v) is 5.24. The number of aliphatic hydroxyl groups is 1. The molecule has 1 aliphatic rings. The maximum Gasteiger partial charge on any atom is 0.251 e. The van der Waals surface area contributed by atoms with Crippen LogP contribution >= 0.6 is 11.8 Å². The summed E-state index contributed by atoms with van der Waals surface area (Å²) in [5, 5.41) is 13.3. The van der Waals surface area contributed by atoms with Crippen molar-refractivity contribution in [3.05, 3.63) is 60.2 Å². The summed E-state index contributed by atoms with van der Waals surface area (Å²) in [4.78, 5) is 12.2. The summed E-state index contributed by atoms with van der Waals surface area (Å²) in [6.45, 7) is 0.326. The van der Waals surface area contributed by atoms with Crippen molar-refractivity contribution in [2.45, 2.75) is 18.4 Å². The van der Waals surface area contributed by atoms with E-state index in [1.165, 1.54) is 0 Å². The van der Waals surface area contributed by atoms with Crippen molar-refractivity contribution < 1.29 is 9.90 Å². The summed E-state index contributed by atoms with van der Waals surface area (Å²) < 4.78 is 0. The van der Waals surface area contributed by atoms with Crippen molar-refractivity contribution in [1.82, 2.24) is 5.32 Å². The van der Waals surface area contributed by atoms with E-state index in [2.05, 4.69) is 5.32 Å². The van der Waals surface area contributed by atoms with E-state index < -0.39 is 5.60 Å². The molecule has 1 fully saturated rings. The number of rotatable bonds is 4. The summed E-state index contributed by atoms with van der Waals surface area (Å²) in [6, 6.07) is 17.7. The fraction of sp³-hybridized carbons (Fsp3) is 0.316. The normalized spacial score (nSPS) is 16.7. The van der Waals surface area contributed by atoms with Crippen LogP contribution in [0.3, 0.4) is 0 Å². The van der Waals surface area contributed by atoms with E-state index in [0.29, 0.717) is 12.1 Å². The summed E-state index contributed by atoms with van der Waals surface area (Å²) in [6.07, 6.45) is 1.48. The molecule has 0 aliphatic carbocycles. The third-order valence-electron chi connectivity index (χ3n) is 4.26. The van der Waals surface area contributed by atoms with E-state index in [0.717, 1.165) is 35.5 Å². The van der Waals surface area contributed by atoms with Gasteiger partial charge < -0.3 is 10.4 Å². The van der Waals surface area contributed by atoms with Crippen molar-refractivity contribution in [1.29, 1.82) is 0 Å². The largest absolute Gasteiger partial charge is 0.388 e. The quantitative estimate of drug-likeness (QED) is 0.905. The number of hydrogen-bond donors (Lipinski definition) is 2. The zero-order chi connectivity index (χ0) is 16.1. The first kappa shape index (κ1) is 16.1. The molecule has 3 rings (SSSR count). The van der Waals surface area contributed by atoms with Gasteiger partial charge in [-0.25, -0.2) is 0 Å². The maximum absolute atomic E-state index is 12.2. The van der Waals surface area contributed by atoms with Crippen molar-refractivity contribution in [2.24, 2.45) is 0 Å². The van der Waals surface area contributed by atoms with E-state index >= 15 is 0 Å². The van der Waals surface area contributed by atoms with Gasteiger partial charge >= 0.3 is 0 Å². The monoisotopic (exact) mass is 327 g/mol. The van der Waals surface area contributed by atoms with Crippen LogP contribution < -0.4 is 5.32 Å². The lowest BCUT2D eigenvalue weighted by atomic mass is 9.96. The Balaban J connectivity index is 1.61. The molecular formula is C19H21NO2S. The molecule has 4 heteroatoms. The molecule has 2 aromatic rings. The van der Waals surface area contributed by atoms with E-state index in [4.69, 9.17) is 0 Å². The Morgan fingerprint density at radius 1 is 1.00 bits per heavy atom. The van der Waals surface area contributed by atoms with E-state index in [9.17, 15) is 9.90 Å². The van der Waals surface area contributed by atoms with Gasteiger partial charge in [-0.15, -0.1) is 0 Å². The van der Waals surface area contributed by atoms with Gasteiger partial charge in [-0.1, -0.05) is 42.5 Å². The summed E-state index contributed by atoms with van der Waals surface area (Å²) in [7, 11) is 0. The Kier molecular flexibility index (Phi) is 5.03. The van der Waals surface area contributed by atoms with Gasteiger partial charge in [-0.3, -0.25) is 4.79 Å². The Hall–Kier alpha value is -1.78. The highest BCUT2D eigenvalue weighted by molar-refractivity contribution is 7.99. The van der Waals surface area contributed by atoms with Crippen LogP contribution in [0.15, 0.2) is 54.6 Å².